The number of hydrogen-bond donors (Lipinski definition) is 4. The van der Waals surface area contributed by atoms with Crippen LogP contribution in [0.25, 0.3) is 0 Å². The van der Waals surface area contributed by atoms with Crippen molar-refractivity contribution >= 4 is 16.1 Å². The van der Waals surface area contributed by atoms with Crippen LogP contribution >= 0.6 is 0 Å². The molecule has 2 aromatic heterocycles. The van der Waals surface area contributed by atoms with Crippen molar-refractivity contribution in [1.82, 2.24) is 19.9 Å². The Hall–Kier alpha value is -2.53. The summed E-state index contributed by atoms with van der Waals surface area (Å²) in [6, 6.07) is 2.88. The number of aromatic hydroxyl groups is 1. The molecule has 0 aliphatic carbocycles. The highest BCUT2D eigenvalue weighted by Crippen LogP contribution is 1.98. The van der Waals surface area contributed by atoms with Gasteiger partial charge in [0.1, 0.15) is 6.33 Å². The van der Waals surface area contributed by atoms with Gasteiger partial charge in [-0.2, -0.15) is 13.4 Å². The first-order chi connectivity index (χ1) is 8.80. The van der Waals surface area contributed by atoms with Gasteiger partial charge in [0, 0.05) is 6.20 Å². The van der Waals surface area contributed by atoms with Gasteiger partial charge in [0.05, 0.1) is 0 Å². The van der Waals surface area contributed by atoms with Crippen LogP contribution in [0.3, 0.4) is 0 Å². The van der Waals surface area contributed by atoms with Gasteiger partial charge in [-0.1, -0.05) is 0 Å². The lowest BCUT2D eigenvalue weighted by molar-refractivity contribution is 0.466. The molecule has 0 fully saturated rings. The highest BCUT2D eigenvalue weighted by atomic mass is 32.2. The van der Waals surface area contributed by atoms with Gasteiger partial charge in [0.2, 0.25) is 5.95 Å². The summed E-state index contributed by atoms with van der Waals surface area (Å²) >= 11 is 0. The smallest absolute Gasteiger partial charge is 0.330 e. The number of nitrogens with one attached hydrogen (secondary N) is 1. The second-order valence-electron chi connectivity index (χ2n) is 2.99. The van der Waals surface area contributed by atoms with Crippen molar-refractivity contribution in [3.8, 4) is 5.75 Å². The Bertz CT molecular complexity index is 713. The van der Waals surface area contributed by atoms with E-state index in [4.69, 9.17) is 15.4 Å². The van der Waals surface area contributed by atoms with E-state index in [-0.39, 0.29) is 11.7 Å². The molecule has 0 aliphatic rings. The van der Waals surface area contributed by atoms with Crippen LogP contribution in [0.15, 0.2) is 34.6 Å². The van der Waals surface area contributed by atoms with E-state index in [0.29, 0.717) is 0 Å². The Morgan fingerprint density at radius 2 is 2.00 bits per heavy atom. The topological polar surface area (TPSA) is 172 Å². The lowest BCUT2D eigenvalue weighted by Crippen LogP contribution is -2.07. The molecule has 2 aromatic rings. The summed E-state index contributed by atoms with van der Waals surface area (Å²) in [5.41, 5.74) is 4.57. The van der Waals surface area contributed by atoms with Crippen LogP contribution in [0.2, 0.25) is 0 Å². The summed E-state index contributed by atoms with van der Waals surface area (Å²) in [4.78, 5) is 22.3. The Morgan fingerprint density at radius 3 is 2.37 bits per heavy atom. The maximum Gasteiger partial charge on any atom is 0.330 e. The monoisotopic (exact) mass is 287 g/mol. The molecular formula is C8H9N5O5S. The van der Waals surface area contributed by atoms with Crippen molar-refractivity contribution in [3.63, 3.8) is 0 Å². The van der Waals surface area contributed by atoms with Crippen LogP contribution in [-0.2, 0) is 10.1 Å². The van der Waals surface area contributed by atoms with Gasteiger partial charge in [-0.05, 0) is 12.1 Å². The summed E-state index contributed by atoms with van der Waals surface area (Å²) in [5, 5.41) is 7.83. The molecule has 0 unspecified atom stereocenters. The fourth-order valence-corrected chi connectivity index (χ4v) is 1.22. The van der Waals surface area contributed by atoms with Crippen LogP contribution in [-0.4, -0.2) is 38.0 Å². The molecule has 102 valence electrons. The zero-order chi connectivity index (χ0) is 14.5. The average molecular weight is 287 g/mol. The zero-order valence-corrected chi connectivity index (χ0v) is 10.1. The predicted octanol–water partition coefficient (Wildman–Crippen LogP) is -1.22. The van der Waals surface area contributed by atoms with Crippen molar-refractivity contribution in [1.29, 1.82) is 0 Å². The quantitative estimate of drug-likeness (QED) is 0.469. The van der Waals surface area contributed by atoms with Gasteiger partial charge >= 0.3 is 10.1 Å². The molecule has 5 N–H and O–H groups in total. The molecule has 0 bridgehead atoms. The Labute approximate surface area is 106 Å². The molecule has 0 radical (unpaired) electrons. The number of anilines is 1. The Morgan fingerprint density at radius 1 is 1.32 bits per heavy atom. The molecule has 2 heterocycles. The van der Waals surface area contributed by atoms with E-state index in [0.717, 1.165) is 6.33 Å². The van der Waals surface area contributed by atoms with Gasteiger partial charge in [-0.15, -0.1) is 0 Å². The average Bonchev–Trinajstić information content (AvgIpc) is 2.33. The number of hydrogen-bond acceptors (Lipinski definition) is 8. The molecule has 10 nitrogen and oxygen atoms in total. The number of nitrogens with zero attached hydrogens (tertiary/aromatic N) is 3. The number of rotatable bonds is 1. The Balaban J connectivity index is 0.000000200. The minimum Gasteiger partial charge on any atom is -0.503 e. The maximum absolute atomic E-state index is 10.3. The summed E-state index contributed by atoms with van der Waals surface area (Å²) in [7, 11) is -4.37. The summed E-state index contributed by atoms with van der Waals surface area (Å²) in [6.45, 7) is 0. The van der Waals surface area contributed by atoms with E-state index in [1.54, 1.807) is 6.07 Å². The third-order valence-electron chi connectivity index (χ3n) is 1.60. The lowest BCUT2D eigenvalue weighted by atomic mass is 10.5. The number of aromatic amines is 1. The minimum absolute atomic E-state index is 0.243. The predicted molar refractivity (Wildman–Crippen MR) is 62.8 cm³/mol. The third-order valence-corrected chi connectivity index (χ3v) is 2.25. The maximum atomic E-state index is 10.3. The van der Waals surface area contributed by atoms with Crippen molar-refractivity contribution in [2.24, 2.45) is 0 Å². The number of nitrogen functional groups attached to an aromatic ring is 1. The van der Waals surface area contributed by atoms with Crippen LogP contribution in [0.5, 0.6) is 5.75 Å². The van der Waals surface area contributed by atoms with E-state index in [1.807, 2.05) is 0 Å². The second-order valence-corrected chi connectivity index (χ2v) is 4.30. The zero-order valence-electron chi connectivity index (χ0n) is 9.26. The fourth-order valence-electron chi connectivity index (χ4n) is 0.830. The molecule has 0 aromatic carbocycles. The molecular weight excluding hydrogens is 278 g/mol. The van der Waals surface area contributed by atoms with Crippen LogP contribution in [0, 0.1) is 0 Å². The molecule has 11 heteroatoms. The third kappa shape index (κ3) is 4.69. The second kappa shape index (κ2) is 5.88. The van der Waals surface area contributed by atoms with E-state index in [9.17, 15) is 13.2 Å². The van der Waals surface area contributed by atoms with E-state index in [2.05, 4.69) is 19.9 Å². The molecule has 0 atom stereocenters. The lowest BCUT2D eigenvalue weighted by Gasteiger charge is -1.93. The van der Waals surface area contributed by atoms with Crippen molar-refractivity contribution in [2.75, 3.05) is 5.73 Å². The standard InChI is InChI=1S/C5H5NO2.C3H4N4O3S/c7-4-2-1-3-6-5(4)8;4-2-5-1-6-3(7-2)11(8,9)10/h1-3,7H,(H,6,8);1H,(H,8,9,10)(H2,4,5,6,7). The molecule has 2 rings (SSSR count). The van der Waals surface area contributed by atoms with Crippen molar-refractivity contribution < 1.29 is 18.1 Å². The first kappa shape index (κ1) is 14.5. The van der Waals surface area contributed by atoms with E-state index < -0.39 is 20.8 Å². The van der Waals surface area contributed by atoms with Crippen molar-refractivity contribution in [2.45, 2.75) is 5.16 Å². The first-order valence-electron chi connectivity index (χ1n) is 4.59. The highest BCUT2D eigenvalue weighted by molar-refractivity contribution is 7.85. The largest absolute Gasteiger partial charge is 0.503 e. The number of pyridine rings is 1. The SMILES string of the molecule is Nc1ncnc(S(=O)(=O)O)n1.O=c1[nH]cccc1O. The fraction of sp³-hybridized carbons (Fsp3) is 0. The summed E-state index contributed by atoms with van der Waals surface area (Å²) in [5.74, 6) is -0.500. The molecule has 0 saturated carbocycles. The van der Waals surface area contributed by atoms with Crippen molar-refractivity contribution in [3.05, 3.63) is 35.0 Å². The first-order valence-corrected chi connectivity index (χ1v) is 6.03. The van der Waals surface area contributed by atoms with Crippen LogP contribution < -0.4 is 11.3 Å². The molecule has 0 saturated heterocycles. The molecule has 0 amide bonds. The summed E-state index contributed by atoms with van der Waals surface area (Å²) in [6.07, 6.45) is 2.35. The van der Waals surface area contributed by atoms with E-state index >= 15 is 0 Å². The number of aromatic nitrogens is 4. The number of nitrogens with two attached hydrogens (primary N) is 1. The minimum atomic E-state index is -4.37. The normalized spacial score (nSPS) is 10.4. The number of H-pyrrole nitrogens is 1. The Kier molecular flexibility index (Phi) is 4.50. The van der Waals surface area contributed by atoms with Gasteiger partial charge in [-0.25, -0.2) is 9.97 Å². The van der Waals surface area contributed by atoms with Gasteiger partial charge in [0.25, 0.3) is 10.7 Å². The van der Waals surface area contributed by atoms with Gasteiger partial charge in [-0.3, -0.25) is 9.35 Å². The van der Waals surface area contributed by atoms with Crippen LogP contribution in [0.1, 0.15) is 0 Å². The van der Waals surface area contributed by atoms with Gasteiger partial charge < -0.3 is 15.8 Å². The molecule has 0 aliphatic heterocycles. The molecule has 0 spiro atoms. The van der Waals surface area contributed by atoms with Gasteiger partial charge in [0.15, 0.2) is 5.75 Å². The highest BCUT2D eigenvalue weighted by Gasteiger charge is 2.12. The summed E-state index contributed by atoms with van der Waals surface area (Å²) < 4.78 is 29.0. The van der Waals surface area contributed by atoms with Crippen LogP contribution in [0.4, 0.5) is 5.95 Å². The molecule has 19 heavy (non-hydrogen) atoms. The van der Waals surface area contributed by atoms with E-state index in [1.165, 1.54) is 12.3 Å².